The minimum atomic E-state index is -0.951. The lowest BCUT2D eigenvalue weighted by Gasteiger charge is -2.60. The molecule has 2 aliphatic rings. The van der Waals surface area contributed by atoms with E-state index < -0.39 is 23.6 Å². The van der Waals surface area contributed by atoms with E-state index in [4.69, 9.17) is 14.6 Å². The Kier molecular flexibility index (Phi) is 11.4. The molecule has 37 heavy (non-hydrogen) atoms. The molecule has 0 spiro atoms. The number of fused-ring (bicyclic) bond motifs is 1. The number of hydrogen-bond donors (Lipinski definition) is 2. The lowest BCUT2D eigenvalue weighted by molar-refractivity contribution is -0.200. The van der Waals surface area contributed by atoms with Crippen molar-refractivity contribution >= 4 is 17.9 Å². The van der Waals surface area contributed by atoms with E-state index in [1.165, 1.54) is 11.6 Å². The third kappa shape index (κ3) is 7.46. The molecule has 210 valence electrons. The molecular formula is C30H48O7. The van der Waals surface area contributed by atoms with E-state index in [1.807, 2.05) is 27.7 Å². The number of unbranched alkanes of at least 4 members (excludes halogenated alkanes) is 2. The molecule has 0 saturated heterocycles. The Morgan fingerprint density at radius 3 is 2.16 bits per heavy atom. The predicted molar refractivity (Wildman–Crippen MR) is 143 cm³/mol. The number of carboxylic acids is 1. The predicted octanol–water partition coefficient (Wildman–Crippen LogP) is 6.14. The van der Waals surface area contributed by atoms with Crippen molar-refractivity contribution in [1.29, 1.82) is 0 Å². The van der Waals surface area contributed by atoms with Crippen LogP contribution in [0.5, 0.6) is 0 Å². The van der Waals surface area contributed by atoms with Gasteiger partial charge in [0.15, 0.2) is 0 Å². The molecule has 2 N–H and O–H groups in total. The second kappa shape index (κ2) is 13.6. The van der Waals surface area contributed by atoms with Crippen molar-refractivity contribution in [2.45, 2.75) is 124 Å². The van der Waals surface area contributed by atoms with Gasteiger partial charge in [0.2, 0.25) is 0 Å². The summed E-state index contributed by atoms with van der Waals surface area (Å²) in [6, 6.07) is 0. The van der Waals surface area contributed by atoms with Crippen LogP contribution in [0.2, 0.25) is 0 Å². The van der Waals surface area contributed by atoms with Crippen molar-refractivity contribution in [2.75, 3.05) is 6.61 Å². The summed E-state index contributed by atoms with van der Waals surface area (Å²) in [5, 5.41) is 19.9. The van der Waals surface area contributed by atoms with Crippen LogP contribution in [-0.2, 0) is 23.9 Å². The van der Waals surface area contributed by atoms with Crippen LogP contribution in [0.25, 0.3) is 0 Å². The molecule has 0 radical (unpaired) electrons. The number of ether oxygens (including phenoxy) is 2. The van der Waals surface area contributed by atoms with E-state index in [0.717, 1.165) is 43.3 Å². The molecule has 2 rings (SSSR count). The first-order valence-electron chi connectivity index (χ1n) is 14.0. The maximum absolute atomic E-state index is 12.8. The van der Waals surface area contributed by atoms with Gasteiger partial charge in [0.25, 0.3) is 0 Å². The van der Waals surface area contributed by atoms with Gasteiger partial charge in [0, 0.05) is 36.7 Å². The van der Waals surface area contributed by atoms with Gasteiger partial charge in [-0.3, -0.25) is 9.59 Å². The number of aliphatic carboxylic acids is 1. The average Bonchev–Trinajstić information content (AvgIpc) is 2.82. The smallest absolute Gasteiger partial charge is 0.328 e. The highest BCUT2D eigenvalue weighted by atomic mass is 16.6. The number of aliphatic hydroxyl groups is 1. The summed E-state index contributed by atoms with van der Waals surface area (Å²) in [6.45, 7) is 11.9. The highest BCUT2D eigenvalue weighted by molar-refractivity contribution is 5.80. The van der Waals surface area contributed by atoms with Gasteiger partial charge in [-0.1, -0.05) is 57.3 Å². The van der Waals surface area contributed by atoms with Crippen LogP contribution in [0.1, 0.15) is 112 Å². The normalized spacial score (nSPS) is 30.0. The third-order valence-electron chi connectivity index (χ3n) is 8.65. The quantitative estimate of drug-likeness (QED) is 0.171. The first-order valence-corrected chi connectivity index (χ1v) is 14.0. The fraction of sp³-hybridized carbons (Fsp3) is 0.767. The van der Waals surface area contributed by atoms with Gasteiger partial charge >= 0.3 is 17.9 Å². The SMILES string of the molecule is CCCCC(=O)O[C@@H]1CC(C)=C(CC/C(C)=C/C(=O)O)C2(C)CC[C@@H](OC(=O)CCCC)[C@](C)(CO)C12. The van der Waals surface area contributed by atoms with Crippen molar-refractivity contribution in [1.82, 2.24) is 0 Å². The largest absolute Gasteiger partial charge is 0.478 e. The van der Waals surface area contributed by atoms with Crippen LogP contribution < -0.4 is 0 Å². The topological polar surface area (TPSA) is 110 Å². The molecular weight excluding hydrogens is 472 g/mol. The summed E-state index contributed by atoms with van der Waals surface area (Å²) in [6.07, 6.45) is 7.61. The molecule has 0 amide bonds. The van der Waals surface area contributed by atoms with Gasteiger partial charge in [0.05, 0.1) is 6.61 Å². The van der Waals surface area contributed by atoms with E-state index in [0.29, 0.717) is 38.5 Å². The van der Waals surface area contributed by atoms with Crippen LogP contribution in [0, 0.1) is 16.7 Å². The monoisotopic (exact) mass is 520 g/mol. The summed E-state index contributed by atoms with van der Waals surface area (Å²) < 4.78 is 12.1. The lowest BCUT2D eigenvalue weighted by atomic mass is 9.47. The molecule has 2 unspecified atom stereocenters. The third-order valence-corrected chi connectivity index (χ3v) is 8.65. The molecule has 0 aromatic rings. The minimum Gasteiger partial charge on any atom is -0.478 e. The zero-order valence-electron chi connectivity index (χ0n) is 23.7. The maximum Gasteiger partial charge on any atom is 0.328 e. The van der Waals surface area contributed by atoms with Gasteiger partial charge < -0.3 is 19.7 Å². The number of rotatable bonds is 13. The van der Waals surface area contributed by atoms with Crippen LogP contribution >= 0.6 is 0 Å². The Labute approximate surface area is 222 Å². The first-order chi connectivity index (χ1) is 17.4. The number of carboxylic acid groups (broad SMARTS) is 1. The standard InChI is InChI=1S/C30H48O7/c1-7-9-11-26(34)36-23-18-21(4)22(14-13-20(3)17-25(32)33)29(5)16-15-24(30(6,19-31)28(23)29)37-27(35)12-10-8-2/h17,23-24,28,31H,7-16,18-19H2,1-6H3,(H,32,33)/b20-17+/t23-,24-,28?,29?,30+/m1/s1. The maximum atomic E-state index is 12.8. The number of allylic oxidation sites excluding steroid dienone is 2. The Balaban J connectivity index is 2.47. The van der Waals surface area contributed by atoms with Crippen LogP contribution in [-0.4, -0.2) is 46.9 Å². The summed E-state index contributed by atoms with van der Waals surface area (Å²) in [7, 11) is 0. The first kappa shape index (κ1) is 31.1. The Morgan fingerprint density at radius 1 is 1.03 bits per heavy atom. The summed E-state index contributed by atoms with van der Waals surface area (Å²) >= 11 is 0. The van der Waals surface area contributed by atoms with Crippen molar-refractivity contribution in [3.05, 3.63) is 22.8 Å². The van der Waals surface area contributed by atoms with Crippen molar-refractivity contribution in [3.8, 4) is 0 Å². The summed E-state index contributed by atoms with van der Waals surface area (Å²) in [5.41, 5.74) is 2.03. The molecule has 7 heteroatoms. The van der Waals surface area contributed by atoms with E-state index >= 15 is 0 Å². The van der Waals surface area contributed by atoms with E-state index in [1.54, 1.807) is 0 Å². The zero-order chi connectivity index (χ0) is 27.8. The Morgan fingerprint density at radius 2 is 1.62 bits per heavy atom. The van der Waals surface area contributed by atoms with Crippen molar-refractivity contribution < 1.29 is 34.1 Å². The summed E-state index contributed by atoms with van der Waals surface area (Å²) in [5.74, 6) is -1.67. The molecule has 0 aromatic carbocycles. The fourth-order valence-corrected chi connectivity index (χ4v) is 6.74. The average molecular weight is 521 g/mol. The molecule has 2 aliphatic carbocycles. The molecule has 7 nitrogen and oxygen atoms in total. The summed E-state index contributed by atoms with van der Waals surface area (Å²) in [4.78, 5) is 36.5. The van der Waals surface area contributed by atoms with Crippen LogP contribution in [0.4, 0.5) is 0 Å². The minimum absolute atomic E-state index is 0.188. The number of esters is 2. The van der Waals surface area contributed by atoms with E-state index in [9.17, 15) is 19.5 Å². The second-order valence-electron chi connectivity index (χ2n) is 11.6. The highest BCUT2D eigenvalue weighted by Crippen LogP contribution is 2.61. The Hall–Kier alpha value is -2.15. The molecule has 0 aromatic heterocycles. The lowest BCUT2D eigenvalue weighted by Crippen LogP contribution is -2.61. The van der Waals surface area contributed by atoms with Gasteiger partial charge in [-0.2, -0.15) is 0 Å². The van der Waals surface area contributed by atoms with Gasteiger partial charge in [0.1, 0.15) is 12.2 Å². The fourth-order valence-electron chi connectivity index (χ4n) is 6.74. The number of carbonyl (C=O) groups is 3. The zero-order valence-corrected chi connectivity index (χ0v) is 23.7. The van der Waals surface area contributed by atoms with Gasteiger partial charge in [-0.25, -0.2) is 4.79 Å². The second-order valence-corrected chi connectivity index (χ2v) is 11.6. The number of aliphatic hydroxyl groups excluding tert-OH is 1. The van der Waals surface area contributed by atoms with Crippen molar-refractivity contribution in [3.63, 3.8) is 0 Å². The van der Waals surface area contributed by atoms with Crippen molar-refractivity contribution in [2.24, 2.45) is 16.7 Å². The number of hydrogen-bond acceptors (Lipinski definition) is 6. The molecule has 5 atom stereocenters. The van der Waals surface area contributed by atoms with Crippen LogP contribution in [0.15, 0.2) is 22.8 Å². The van der Waals surface area contributed by atoms with Gasteiger partial charge in [-0.05, 0) is 57.8 Å². The molecule has 0 aliphatic heterocycles. The molecule has 1 saturated carbocycles. The Bertz CT molecular complexity index is 888. The van der Waals surface area contributed by atoms with Gasteiger partial charge in [-0.15, -0.1) is 0 Å². The molecule has 0 bridgehead atoms. The molecule has 0 heterocycles. The van der Waals surface area contributed by atoms with E-state index in [-0.39, 0.29) is 29.9 Å². The number of carbonyl (C=O) groups excluding carboxylic acids is 2. The van der Waals surface area contributed by atoms with E-state index in [2.05, 4.69) is 13.8 Å². The van der Waals surface area contributed by atoms with Crippen LogP contribution in [0.3, 0.4) is 0 Å². The molecule has 1 fully saturated rings. The highest BCUT2D eigenvalue weighted by Gasteiger charge is 2.61.